The van der Waals surface area contributed by atoms with Gasteiger partial charge in [0.05, 0.1) is 7.11 Å². The molecule has 0 unspecified atom stereocenters. The summed E-state index contributed by atoms with van der Waals surface area (Å²) in [6.45, 7) is 1.99. The minimum atomic E-state index is 0.563. The molecule has 0 bridgehead atoms. The third-order valence-corrected chi connectivity index (χ3v) is 3.62. The molecule has 1 aromatic rings. The molecule has 2 rings (SSSR count). The topological polar surface area (TPSA) is 38.5 Å². The Morgan fingerprint density at radius 2 is 2.39 bits per heavy atom. The van der Waals surface area contributed by atoms with Gasteiger partial charge in [0.2, 0.25) is 5.89 Å². The fourth-order valence-corrected chi connectivity index (χ4v) is 2.44. The molecule has 0 spiro atoms. The summed E-state index contributed by atoms with van der Waals surface area (Å²) in [5.41, 5.74) is 2.09. The predicted molar refractivity (Wildman–Crippen MR) is 75.2 cm³/mol. The normalized spacial score (nSPS) is 16.7. The summed E-state index contributed by atoms with van der Waals surface area (Å²) >= 11 is 1.80. The third kappa shape index (κ3) is 3.09. The Kier molecular flexibility index (Phi) is 4.72. The SMILES string of the molecule is COc1oc(C2=CCCN(C)C2)nc1CCSC. The van der Waals surface area contributed by atoms with E-state index in [9.17, 15) is 0 Å². The van der Waals surface area contributed by atoms with Gasteiger partial charge in [0, 0.05) is 25.1 Å². The molecule has 5 heteroatoms. The first-order chi connectivity index (χ1) is 8.74. The summed E-state index contributed by atoms with van der Waals surface area (Å²) in [5, 5.41) is 0. The van der Waals surface area contributed by atoms with E-state index in [2.05, 4.69) is 29.3 Å². The average Bonchev–Trinajstić information content (AvgIpc) is 2.79. The number of aromatic nitrogens is 1. The first-order valence-corrected chi connectivity index (χ1v) is 7.54. The zero-order valence-electron chi connectivity index (χ0n) is 11.2. The largest absolute Gasteiger partial charge is 0.467 e. The van der Waals surface area contributed by atoms with Crippen LogP contribution in [0.4, 0.5) is 0 Å². The van der Waals surface area contributed by atoms with Gasteiger partial charge in [0.1, 0.15) is 5.69 Å². The number of rotatable bonds is 5. The Labute approximate surface area is 112 Å². The summed E-state index contributed by atoms with van der Waals surface area (Å²) in [6.07, 6.45) is 6.24. The van der Waals surface area contributed by atoms with Crippen molar-refractivity contribution in [3.05, 3.63) is 17.7 Å². The standard InChI is InChI=1S/C13H20N2O2S/c1-15-7-4-5-10(9-15)12-14-11(6-8-18-3)13(16-2)17-12/h5H,4,6-9H2,1-3H3. The van der Waals surface area contributed by atoms with Crippen LogP contribution in [-0.2, 0) is 6.42 Å². The Hall–Kier alpha value is -0.940. The first-order valence-electron chi connectivity index (χ1n) is 6.15. The molecule has 0 saturated carbocycles. The lowest BCUT2D eigenvalue weighted by Gasteiger charge is -2.20. The van der Waals surface area contributed by atoms with Gasteiger partial charge < -0.3 is 14.1 Å². The van der Waals surface area contributed by atoms with Crippen LogP contribution in [0.1, 0.15) is 18.0 Å². The highest BCUT2D eigenvalue weighted by Gasteiger charge is 2.19. The maximum absolute atomic E-state index is 5.71. The smallest absolute Gasteiger partial charge is 0.308 e. The van der Waals surface area contributed by atoms with Crippen molar-refractivity contribution in [2.45, 2.75) is 12.8 Å². The predicted octanol–water partition coefficient (Wildman–Crippen LogP) is 2.31. The number of ether oxygens (including phenoxy) is 1. The molecule has 100 valence electrons. The Morgan fingerprint density at radius 3 is 3.06 bits per heavy atom. The molecule has 0 aromatic carbocycles. The van der Waals surface area contributed by atoms with Crippen molar-refractivity contribution < 1.29 is 9.15 Å². The first kappa shape index (κ1) is 13.5. The second-order valence-corrected chi connectivity index (χ2v) is 5.44. The second-order valence-electron chi connectivity index (χ2n) is 4.46. The van der Waals surface area contributed by atoms with Crippen LogP contribution in [-0.4, -0.2) is 49.1 Å². The number of methoxy groups -OCH3 is 1. The Morgan fingerprint density at radius 1 is 1.56 bits per heavy atom. The summed E-state index contributed by atoms with van der Waals surface area (Å²) in [4.78, 5) is 6.85. The van der Waals surface area contributed by atoms with Gasteiger partial charge in [-0.05, 0) is 25.5 Å². The van der Waals surface area contributed by atoms with E-state index in [0.717, 1.165) is 48.8 Å². The van der Waals surface area contributed by atoms with Gasteiger partial charge in [-0.25, -0.2) is 4.98 Å². The lowest BCUT2D eigenvalue weighted by atomic mass is 10.1. The van der Waals surface area contributed by atoms with Crippen LogP contribution in [0.2, 0.25) is 0 Å². The molecular weight excluding hydrogens is 248 g/mol. The number of thioether (sulfide) groups is 1. The zero-order chi connectivity index (χ0) is 13.0. The molecule has 2 heterocycles. The Bertz CT molecular complexity index is 429. The van der Waals surface area contributed by atoms with Gasteiger partial charge in [-0.2, -0.15) is 11.8 Å². The van der Waals surface area contributed by atoms with Crippen LogP contribution in [0.5, 0.6) is 5.95 Å². The second kappa shape index (κ2) is 6.29. The van der Waals surface area contributed by atoms with E-state index in [4.69, 9.17) is 9.15 Å². The molecule has 0 N–H and O–H groups in total. The summed E-state index contributed by atoms with van der Waals surface area (Å²) in [7, 11) is 3.75. The molecule has 1 aliphatic heterocycles. The van der Waals surface area contributed by atoms with Crippen LogP contribution >= 0.6 is 11.8 Å². The highest BCUT2D eigenvalue weighted by atomic mass is 32.2. The maximum Gasteiger partial charge on any atom is 0.308 e. The fraction of sp³-hybridized carbons (Fsp3) is 0.615. The summed E-state index contributed by atoms with van der Waals surface area (Å²) < 4.78 is 11.0. The molecule has 0 atom stereocenters. The zero-order valence-corrected chi connectivity index (χ0v) is 12.0. The molecule has 18 heavy (non-hydrogen) atoms. The highest BCUT2D eigenvalue weighted by molar-refractivity contribution is 7.98. The van der Waals surface area contributed by atoms with Crippen LogP contribution in [0.3, 0.4) is 0 Å². The van der Waals surface area contributed by atoms with E-state index in [1.165, 1.54) is 0 Å². The van der Waals surface area contributed by atoms with Crippen molar-refractivity contribution in [1.82, 2.24) is 9.88 Å². The van der Waals surface area contributed by atoms with E-state index in [1.54, 1.807) is 18.9 Å². The molecule has 1 aliphatic rings. The van der Waals surface area contributed by atoms with E-state index in [-0.39, 0.29) is 0 Å². The number of aryl methyl sites for hydroxylation is 1. The van der Waals surface area contributed by atoms with Gasteiger partial charge in [-0.15, -0.1) is 0 Å². The van der Waals surface area contributed by atoms with E-state index in [0.29, 0.717) is 5.95 Å². The maximum atomic E-state index is 5.71. The van der Waals surface area contributed by atoms with Crippen molar-refractivity contribution in [3.63, 3.8) is 0 Å². The molecule has 0 saturated heterocycles. The van der Waals surface area contributed by atoms with Crippen LogP contribution in [0.25, 0.3) is 5.57 Å². The number of hydrogen-bond acceptors (Lipinski definition) is 5. The lowest BCUT2D eigenvalue weighted by Crippen LogP contribution is -2.25. The van der Waals surface area contributed by atoms with Gasteiger partial charge in [0.25, 0.3) is 0 Å². The summed E-state index contributed by atoms with van der Waals surface area (Å²) in [6, 6.07) is 0. The van der Waals surface area contributed by atoms with Crippen LogP contribution in [0, 0.1) is 0 Å². The Balaban J connectivity index is 2.18. The fourth-order valence-electron chi connectivity index (χ4n) is 2.04. The van der Waals surface area contributed by atoms with E-state index >= 15 is 0 Å². The lowest BCUT2D eigenvalue weighted by molar-refractivity contribution is 0.295. The number of nitrogens with zero attached hydrogens (tertiary/aromatic N) is 2. The van der Waals surface area contributed by atoms with Gasteiger partial charge in [0.15, 0.2) is 0 Å². The minimum absolute atomic E-state index is 0.563. The van der Waals surface area contributed by atoms with Crippen molar-refractivity contribution in [3.8, 4) is 5.95 Å². The van der Waals surface area contributed by atoms with Crippen LogP contribution < -0.4 is 4.74 Å². The number of oxazole rings is 1. The molecule has 0 amide bonds. The monoisotopic (exact) mass is 268 g/mol. The number of hydrogen-bond donors (Lipinski definition) is 0. The van der Waals surface area contributed by atoms with E-state index in [1.807, 2.05) is 0 Å². The van der Waals surface area contributed by atoms with Crippen molar-refractivity contribution in [2.24, 2.45) is 0 Å². The molecular formula is C13H20N2O2S. The van der Waals surface area contributed by atoms with Gasteiger partial charge >= 0.3 is 5.95 Å². The third-order valence-electron chi connectivity index (χ3n) is 3.01. The van der Waals surface area contributed by atoms with Crippen molar-refractivity contribution in [1.29, 1.82) is 0 Å². The number of likely N-dealkylation sites (N-methyl/N-ethyl adjacent to an activating group) is 1. The molecule has 0 radical (unpaired) electrons. The van der Waals surface area contributed by atoms with Gasteiger partial charge in [-0.1, -0.05) is 6.08 Å². The summed E-state index contributed by atoms with van der Waals surface area (Å²) in [5.74, 6) is 2.31. The average molecular weight is 268 g/mol. The van der Waals surface area contributed by atoms with Crippen molar-refractivity contribution in [2.75, 3.05) is 39.3 Å². The minimum Gasteiger partial charge on any atom is -0.467 e. The molecule has 1 aromatic heterocycles. The molecule has 0 fully saturated rings. The molecule has 4 nitrogen and oxygen atoms in total. The molecule has 0 aliphatic carbocycles. The quantitative estimate of drug-likeness (QED) is 0.819. The van der Waals surface area contributed by atoms with Crippen molar-refractivity contribution >= 4 is 17.3 Å². The van der Waals surface area contributed by atoms with E-state index < -0.39 is 0 Å². The highest BCUT2D eigenvalue weighted by Crippen LogP contribution is 2.27. The van der Waals surface area contributed by atoms with Gasteiger partial charge in [-0.3, -0.25) is 0 Å². The van der Waals surface area contributed by atoms with Crippen LogP contribution in [0.15, 0.2) is 10.5 Å².